The van der Waals surface area contributed by atoms with Crippen molar-refractivity contribution in [2.45, 2.75) is 0 Å². The number of para-hydroxylation sites is 2. The number of methoxy groups -OCH3 is 1. The molecule has 4 aromatic rings. The highest BCUT2D eigenvalue weighted by Crippen LogP contribution is 2.18. The number of aromatic nitrogens is 1. The number of amides is 2. The normalized spacial score (nSPS) is 10.9. The molecule has 0 aliphatic rings. The molecule has 154 valence electrons. The molecule has 0 radical (unpaired) electrons. The van der Waals surface area contributed by atoms with Crippen LogP contribution < -0.4 is 15.5 Å². The van der Waals surface area contributed by atoms with Crippen LogP contribution in [-0.2, 0) is 0 Å². The summed E-state index contributed by atoms with van der Waals surface area (Å²) < 4.78 is 5.11. The second kappa shape index (κ2) is 8.96. The van der Waals surface area contributed by atoms with E-state index in [1.165, 1.54) is 0 Å². The first-order chi connectivity index (χ1) is 15.2. The topological polar surface area (TPSA) is 95.6 Å². The largest absolute Gasteiger partial charge is 0.497 e. The van der Waals surface area contributed by atoms with Gasteiger partial charge in [-0.25, -0.2) is 5.43 Å². The van der Waals surface area contributed by atoms with Crippen LogP contribution in [0.4, 0.5) is 5.69 Å². The molecule has 0 saturated heterocycles. The predicted octanol–water partition coefficient (Wildman–Crippen LogP) is 4.19. The molecule has 31 heavy (non-hydrogen) atoms. The van der Waals surface area contributed by atoms with Gasteiger partial charge in [-0.15, -0.1) is 0 Å². The quantitative estimate of drug-likeness (QED) is 0.327. The maximum Gasteiger partial charge on any atom is 0.273 e. The first-order valence-electron chi connectivity index (χ1n) is 9.59. The molecule has 0 aliphatic carbocycles. The van der Waals surface area contributed by atoms with Gasteiger partial charge in [-0.3, -0.25) is 9.59 Å². The summed E-state index contributed by atoms with van der Waals surface area (Å²) in [5, 5.41) is 7.85. The van der Waals surface area contributed by atoms with E-state index in [1.54, 1.807) is 61.9 Å². The van der Waals surface area contributed by atoms with E-state index in [2.05, 4.69) is 20.8 Å². The average Bonchev–Trinajstić information content (AvgIpc) is 3.22. The van der Waals surface area contributed by atoms with Crippen LogP contribution in [0.25, 0.3) is 10.9 Å². The first-order valence-corrected chi connectivity index (χ1v) is 9.59. The van der Waals surface area contributed by atoms with Gasteiger partial charge in [0.2, 0.25) is 0 Å². The average molecular weight is 412 g/mol. The molecule has 0 atom stereocenters. The molecular weight excluding hydrogens is 392 g/mol. The van der Waals surface area contributed by atoms with E-state index in [0.717, 1.165) is 16.5 Å². The lowest BCUT2D eigenvalue weighted by Gasteiger charge is -2.10. The molecular formula is C24H20N4O3. The number of nitrogens with zero attached hydrogens (tertiary/aromatic N) is 1. The van der Waals surface area contributed by atoms with Gasteiger partial charge >= 0.3 is 0 Å². The van der Waals surface area contributed by atoms with Gasteiger partial charge in [-0.1, -0.05) is 30.3 Å². The van der Waals surface area contributed by atoms with Crippen LogP contribution in [-0.4, -0.2) is 30.1 Å². The highest BCUT2D eigenvalue weighted by molar-refractivity contribution is 6.09. The fraction of sp³-hybridized carbons (Fsp3) is 0.0417. The maximum absolute atomic E-state index is 12.7. The molecule has 3 N–H and O–H groups in total. The minimum absolute atomic E-state index is 0.306. The Hall–Kier alpha value is -4.39. The highest BCUT2D eigenvalue weighted by Gasteiger charge is 2.14. The van der Waals surface area contributed by atoms with Crippen LogP contribution in [0.5, 0.6) is 5.75 Å². The fourth-order valence-electron chi connectivity index (χ4n) is 3.15. The number of nitrogens with one attached hydrogen (secondary N) is 3. The molecule has 0 saturated carbocycles. The predicted molar refractivity (Wildman–Crippen MR) is 121 cm³/mol. The summed E-state index contributed by atoms with van der Waals surface area (Å²) in [6.45, 7) is 0. The van der Waals surface area contributed by atoms with E-state index in [9.17, 15) is 9.59 Å². The number of ether oxygens (including phenoxy) is 1. The standard InChI is InChI=1S/C24H20N4O3/c1-31-18-12-10-16(11-13-18)23(29)27-22-9-5-3-7-20(22)24(30)28-26-15-17-14-25-21-8-4-2-6-19(17)21/h2-15,25H,1H3,(H,27,29)(H,28,30). The zero-order valence-corrected chi connectivity index (χ0v) is 16.8. The van der Waals surface area contributed by atoms with Crippen LogP contribution in [0.15, 0.2) is 84.1 Å². The van der Waals surface area contributed by atoms with Gasteiger partial charge in [-0.05, 0) is 42.5 Å². The van der Waals surface area contributed by atoms with E-state index in [4.69, 9.17) is 4.74 Å². The first kappa shape index (κ1) is 19.9. The molecule has 7 nitrogen and oxygen atoms in total. The van der Waals surface area contributed by atoms with Crippen molar-refractivity contribution in [3.63, 3.8) is 0 Å². The summed E-state index contributed by atoms with van der Waals surface area (Å²) in [5.41, 5.74) is 5.52. The lowest BCUT2D eigenvalue weighted by molar-refractivity contribution is 0.0956. The zero-order chi connectivity index (χ0) is 21.6. The Bertz CT molecular complexity index is 1260. The fourth-order valence-corrected chi connectivity index (χ4v) is 3.15. The number of hydrazone groups is 1. The molecule has 0 fully saturated rings. The molecule has 0 spiro atoms. The number of H-pyrrole nitrogens is 1. The summed E-state index contributed by atoms with van der Waals surface area (Å²) in [7, 11) is 1.56. The van der Waals surface area contributed by atoms with Crippen LogP contribution in [0, 0.1) is 0 Å². The van der Waals surface area contributed by atoms with Crippen molar-refractivity contribution in [2.24, 2.45) is 5.10 Å². The third kappa shape index (κ3) is 4.45. The third-order valence-electron chi connectivity index (χ3n) is 4.76. The Kier molecular flexibility index (Phi) is 5.75. The maximum atomic E-state index is 12.7. The molecule has 4 rings (SSSR count). The van der Waals surface area contributed by atoms with Gasteiger partial charge in [0.15, 0.2) is 0 Å². The Morgan fingerprint density at radius 2 is 1.68 bits per heavy atom. The smallest absolute Gasteiger partial charge is 0.273 e. The van der Waals surface area contributed by atoms with Crippen molar-refractivity contribution < 1.29 is 14.3 Å². The van der Waals surface area contributed by atoms with E-state index < -0.39 is 5.91 Å². The number of fused-ring (bicyclic) bond motifs is 1. The second-order valence-electron chi connectivity index (χ2n) is 6.72. The summed E-state index contributed by atoms with van der Waals surface area (Å²) in [6, 6.07) is 21.3. The number of aromatic amines is 1. The van der Waals surface area contributed by atoms with Crippen molar-refractivity contribution in [1.29, 1.82) is 0 Å². The molecule has 7 heteroatoms. The van der Waals surface area contributed by atoms with Crippen LogP contribution in [0.3, 0.4) is 0 Å². The third-order valence-corrected chi connectivity index (χ3v) is 4.76. The van der Waals surface area contributed by atoms with E-state index >= 15 is 0 Å². The molecule has 0 unspecified atom stereocenters. The summed E-state index contributed by atoms with van der Waals surface area (Å²) in [6.07, 6.45) is 3.40. The zero-order valence-electron chi connectivity index (χ0n) is 16.8. The second-order valence-corrected chi connectivity index (χ2v) is 6.72. The summed E-state index contributed by atoms with van der Waals surface area (Å²) in [5.74, 6) is -0.101. The van der Waals surface area contributed by atoms with Crippen molar-refractivity contribution in [1.82, 2.24) is 10.4 Å². The number of carbonyl (C=O) groups excluding carboxylic acids is 2. The minimum atomic E-state index is -0.429. The number of anilines is 1. The SMILES string of the molecule is COc1ccc(C(=O)Nc2ccccc2C(=O)NN=Cc2c[nH]c3ccccc23)cc1. The molecule has 1 heterocycles. The molecule has 0 aliphatic heterocycles. The van der Waals surface area contributed by atoms with E-state index in [-0.39, 0.29) is 5.91 Å². The summed E-state index contributed by atoms with van der Waals surface area (Å²) in [4.78, 5) is 28.4. The van der Waals surface area contributed by atoms with Gasteiger partial charge in [0.05, 0.1) is 24.6 Å². The number of benzene rings is 3. The van der Waals surface area contributed by atoms with Gasteiger partial charge < -0.3 is 15.0 Å². The molecule has 2 amide bonds. The van der Waals surface area contributed by atoms with Crippen molar-refractivity contribution in [3.8, 4) is 5.75 Å². The Morgan fingerprint density at radius 1 is 0.935 bits per heavy atom. The van der Waals surface area contributed by atoms with Crippen LogP contribution >= 0.6 is 0 Å². The van der Waals surface area contributed by atoms with Crippen molar-refractivity contribution >= 4 is 34.6 Å². The van der Waals surface area contributed by atoms with Crippen LogP contribution in [0.1, 0.15) is 26.3 Å². The minimum Gasteiger partial charge on any atom is -0.497 e. The molecule has 3 aromatic carbocycles. The highest BCUT2D eigenvalue weighted by atomic mass is 16.5. The van der Waals surface area contributed by atoms with Gasteiger partial charge in [0, 0.05) is 28.2 Å². The lowest BCUT2D eigenvalue weighted by atomic mass is 10.1. The van der Waals surface area contributed by atoms with Crippen molar-refractivity contribution in [2.75, 3.05) is 12.4 Å². The molecule has 1 aromatic heterocycles. The van der Waals surface area contributed by atoms with Gasteiger partial charge in [-0.2, -0.15) is 5.10 Å². The Labute approximate surface area is 178 Å². The van der Waals surface area contributed by atoms with Gasteiger partial charge in [0.1, 0.15) is 5.75 Å². The van der Waals surface area contributed by atoms with Crippen molar-refractivity contribution in [3.05, 3.63) is 95.7 Å². The van der Waals surface area contributed by atoms with Crippen LogP contribution in [0.2, 0.25) is 0 Å². The Morgan fingerprint density at radius 3 is 2.48 bits per heavy atom. The number of rotatable bonds is 6. The Balaban J connectivity index is 1.47. The molecule has 0 bridgehead atoms. The van der Waals surface area contributed by atoms with E-state index in [1.807, 2.05) is 30.5 Å². The lowest BCUT2D eigenvalue weighted by Crippen LogP contribution is -2.21. The number of hydrogen-bond donors (Lipinski definition) is 3. The summed E-state index contributed by atoms with van der Waals surface area (Å²) >= 11 is 0. The monoisotopic (exact) mass is 412 g/mol. The number of hydrogen-bond acceptors (Lipinski definition) is 4. The number of carbonyl (C=O) groups is 2. The van der Waals surface area contributed by atoms with E-state index in [0.29, 0.717) is 22.6 Å². The van der Waals surface area contributed by atoms with Gasteiger partial charge in [0.25, 0.3) is 11.8 Å².